The molecular weight excluding hydrogens is 302 g/mol. The molecule has 1 aliphatic rings. The molecule has 0 bridgehead atoms. The van der Waals surface area contributed by atoms with E-state index >= 15 is 0 Å². The Kier molecular flexibility index (Phi) is 4.82. The zero-order valence-electron chi connectivity index (χ0n) is 11.2. The number of pyridine rings is 1. The van der Waals surface area contributed by atoms with E-state index in [1.165, 1.54) is 16.6 Å². The Hall–Kier alpha value is -0.930. The first kappa shape index (κ1) is 15.5. The fourth-order valence-corrected chi connectivity index (χ4v) is 3.81. The molecule has 0 aliphatic carbocycles. The van der Waals surface area contributed by atoms with Crippen molar-refractivity contribution < 1.29 is 8.42 Å². The summed E-state index contributed by atoms with van der Waals surface area (Å²) in [5, 5.41) is 0.181. The topological polar surface area (TPSA) is 91.6 Å². The molecule has 0 unspecified atom stereocenters. The summed E-state index contributed by atoms with van der Waals surface area (Å²) in [7, 11) is -1.58. The Bertz CT molecular complexity index is 580. The molecule has 1 fully saturated rings. The number of aromatic nitrogens is 1. The first-order valence-electron chi connectivity index (χ1n) is 6.26. The van der Waals surface area contributed by atoms with Gasteiger partial charge in [0.1, 0.15) is 4.90 Å². The quantitative estimate of drug-likeness (QED) is 0.617. The molecule has 0 aromatic carbocycles. The Labute approximate surface area is 123 Å². The maximum absolute atomic E-state index is 12.6. The number of nitrogen functional groups attached to an aromatic ring is 1. The minimum Gasteiger partial charge on any atom is -0.307 e. The highest BCUT2D eigenvalue weighted by Crippen LogP contribution is 2.24. The van der Waals surface area contributed by atoms with E-state index in [1.54, 1.807) is 0 Å². The Morgan fingerprint density at radius 2 is 2.10 bits per heavy atom. The van der Waals surface area contributed by atoms with Crippen LogP contribution in [0.2, 0.25) is 5.02 Å². The second-order valence-electron chi connectivity index (χ2n) is 4.71. The number of nitrogens with zero attached hydrogens (tertiary/aromatic N) is 3. The number of halogens is 1. The molecule has 1 aromatic rings. The monoisotopic (exact) mass is 319 g/mol. The van der Waals surface area contributed by atoms with Crippen molar-refractivity contribution in [2.24, 2.45) is 5.84 Å². The highest BCUT2D eigenvalue weighted by Gasteiger charge is 2.27. The molecule has 112 valence electrons. The Balaban J connectivity index is 2.27. The van der Waals surface area contributed by atoms with E-state index in [1.807, 2.05) is 7.05 Å². The van der Waals surface area contributed by atoms with Crippen LogP contribution < -0.4 is 11.3 Å². The van der Waals surface area contributed by atoms with Crippen LogP contribution in [0.25, 0.3) is 0 Å². The fourth-order valence-electron chi connectivity index (χ4n) is 2.08. The first-order valence-corrected chi connectivity index (χ1v) is 8.08. The summed E-state index contributed by atoms with van der Waals surface area (Å²) >= 11 is 5.93. The van der Waals surface area contributed by atoms with Crippen LogP contribution in [-0.2, 0) is 10.0 Å². The maximum Gasteiger partial charge on any atom is 0.244 e. The summed E-state index contributed by atoms with van der Waals surface area (Å²) in [5.74, 6) is 5.48. The highest BCUT2D eigenvalue weighted by atomic mass is 35.5. The van der Waals surface area contributed by atoms with E-state index in [-0.39, 0.29) is 15.7 Å². The minimum atomic E-state index is -3.57. The van der Waals surface area contributed by atoms with Gasteiger partial charge in [0.15, 0.2) is 5.82 Å². The predicted octanol–water partition coefficient (Wildman–Crippen LogP) is 0.347. The van der Waals surface area contributed by atoms with Gasteiger partial charge in [-0.25, -0.2) is 19.2 Å². The molecule has 0 radical (unpaired) electrons. The van der Waals surface area contributed by atoms with Crippen LogP contribution in [0.3, 0.4) is 0 Å². The van der Waals surface area contributed by atoms with Crippen molar-refractivity contribution in [2.45, 2.75) is 11.3 Å². The molecule has 20 heavy (non-hydrogen) atoms. The minimum absolute atomic E-state index is 0.0889. The molecule has 1 saturated heterocycles. The average molecular weight is 320 g/mol. The van der Waals surface area contributed by atoms with Crippen LogP contribution in [0.1, 0.15) is 6.42 Å². The lowest BCUT2D eigenvalue weighted by atomic mass is 10.4. The number of hydrogen-bond donors (Lipinski definition) is 2. The van der Waals surface area contributed by atoms with Crippen molar-refractivity contribution in [3.05, 3.63) is 17.3 Å². The SMILES string of the molecule is CN1CCCN(S(=O)(=O)c2cnc(NN)c(Cl)c2)CC1. The predicted molar refractivity (Wildman–Crippen MR) is 77.9 cm³/mol. The third-order valence-electron chi connectivity index (χ3n) is 3.27. The van der Waals surface area contributed by atoms with Crippen molar-refractivity contribution in [1.82, 2.24) is 14.2 Å². The number of anilines is 1. The summed E-state index contributed by atoms with van der Waals surface area (Å²) < 4.78 is 26.6. The second kappa shape index (κ2) is 6.23. The van der Waals surface area contributed by atoms with Crippen molar-refractivity contribution in [2.75, 3.05) is 38.7 Å². The molecule has 2 rings (SSSR count). The second-order valence-corrected chi connectivity index (χ2v) is 7.05. The van der Waals surface area contributed by atoms with Gasteiger partial charge in [0.2, 0.25) is 10.0 Å². The van der Waals surface area contributed by atoms with Crippen LogP contribution in [0.15, 0.2) is 17.2 Å². The van der Waals surface area contributed by atoms with Crippen LogP contribution in [0.4, 0.5) is 5.82 Å². The number of hydrogen-bond acceptors (Lipinski definition) is 6. The number of nitrogens with one attached hydrogen (secondary N) is 1. The lowest BCUT2D eigenvalue weighted by Crippen LogP contribution is -2.34. The van der Waals surface area contributed by atoms with Gasteiger partial charge in [-0.2, -0.15) is 4.31 Å². The summed E-state index contributed by atoms with van der Waals surface area (Å²) in [6, 6.07) is 1.37. The average Bonchev–Trinajstić information content (AvgIpc) is 2.63. The highest BCUT2D eigenvalue weighted by molar-refractivity contribution is 7.89. The molecule has 1 aliphatic heterocycles. The zero-order chi connectivity index (χ0) is 14.8. The van der Waals surface area contributed by atoms with Crippen molar-refractivity contribution in [3.8, 4) is 0 Å². The summed E-state index contributed by atoms with van der Waals surface area (Å²) in [6.45, 7) is 2.57. The van der Waals surface area contributed by atoms with Crippen molar-refractivity contribution in [1.29, 1.82) is 0 Å². The molecule has 0 amide bonds. The molecule has 7 nitrogen and oxygen atoms in total. The molecule has 2 heterocycles. The maximum atomic E-state index is 12.6. The Morgan fingerprint density at radius 1 is 1.35 bits per heavy atom. The standard InChI is InChI=1S/C11H18ClN5O2S/c1-16-3-2-4-17(6-5-16)20(18,19)9-7-10(12)11(15-13)14-8-9/h7-8H,2-6,13H2,1H3,(H,14,15). The smallest absolute Gasteiger partial charge is 0.244 e. The lowest BCUT2D eigenvalue weighted by molar-refractivity contribution is 0.347. The van der Waals surface area contributed by atoms with Gasteiger partial charge in [-0.3, -0.25) is 0 Å². The van der Waals surface area contributed by atoms with Crippen LogP contribution in [0.5, 0.6) is 0 Å². The summed E-state index contributed by atoms with van der Waals surface area (Å²) in [5.41, 5.74) is 2.31. The van der Waals surface area contributed by atoms with Gasteiger partial charge in [-0.05, 0) is 26.1 Å². The van der Waals surface area contributed by atoms with Gasteiger partial charge in [-0.1, -0.05) is 11.6 Å². The summed E-state index contributed by atoms with van der Waals surface area (Å²) in [6.07, 6.45) is 2.07. The zero-order valence-corrected chi connectivity index (χ0v) is 12.8. The number of hydrazine groups is 1. The van der Waals surface area contributed by atoms with Gasteiger partial charge in [0.05, 0.1) is 5.02 Å². The van der Waals surface area contributed by atoms with Gasteiger partial charge >= 0.3 is 0 Å². The summed E-state index contributed by atoms with van der Waals surface area (Å²) in [4.78, 5) is 6.11. The molecule has 1 aromatic heterocycles. The van der Waals surface area contributed by atoms with Crippen LogP contribution in [0, 0.1) is 0 Å². The van der Waals surface area contributed by atoms with E-state index in [0.717, 1.165) is 13.0 Å². The number of sulfonamides is 1. The molecule has 3 N–H and O–H groups in total. The van der Waals surface area contributed by atoms with E-state index in [0.29, 0.717) is 19.6 Å². The van der Waals surface area contributed by atoms with Gasteiger partial charge in [0, 0.05) is 25.8 Å². The lowest BCUT2D eigenvalue weighted by Gasteiger charge is -2.20. The van der Waals surface area contributed by atoms with Crippen molar-refractivity contribution in [3.63, 3.8) is 0 Å². The van der Waals surface area contributed by atoms with Crippen LogP contribution >= 0.6 is 11.6 Å². The van der Waals surface area contributed by atoms with Gasteiger partial charge in [0.25, 0.3) is 0 Å². The van der Waals surface area contributed by atoms with Crippen molar-refractivity contribution >= 4 is 27.4 Å². The van der Waals surface area contributed by atoms with E-state index in [4.69, 9.17) is 17.4 Å². The molecule has 0 saturated carbocycles. The number of nitrogens with two attached hydrogens (primary N) is 1. The molecule has 0 spiro atoms. The third kappa shape index (κ3) is 3.21. The van der Waals surface area contributed by atoms with E-state index < -0.39 is 10.0 Å². The normalized spacial score (nSPS) is 18.8. The van der Waals surface area contributed by atoms with E-state index in [9.17, 15) is 8.42 Å². The van der Waals surface area contributed by atoms with Crippen LogP contribution in [-0.4, -0.2) is 55.8 Å². The number of likely N-dealkylation sites (N-methyl/N-ethyl adjacent to an activating group) is 1. The van der Waals surface area contributed by atoms with Gasteiger partial charge < -0.3 is 10.3 Å². The molecular formula is C11H18ClN5O2S. The van der Waals surface area contributed by atoms with E-state index in [2.05, 4.69) is 15.3 Å². The largest absolute Gasteiger partial charge is 0.307 e. The van der Waals surface area contributed by atoms with Gasteiger partial charge in [-0.15, -0.1) is 0 Å². The molecule has 9 heteroatoms. The number of rotatable bonds is 3. The fraction of sp³-hybridized carbons (Fsp3) is 0.545. The third-order valence-corrected chi connectivity index (χ3v) is 5.42. The first-order chi connectivity index (χ1) is 9.45. The Morgan fingerprint density at radius 3 is 2.75 bits per heavy atom. The molecule has 0 atom stereocenters.